The van der Waals surface area contributed by atoms with Gasteiger partial charge in [0.05, 0.1) is 12.1 Å². The third-order valence-corrected chi connectivity index (χ3v) is 3.27. The molecular formula is C10H12N4O10. The Morgan fingerprint density at radius 2 is 0.792 bits per heavy atom. The first kappa shape index (κ1) is 18.2. The van der Waals surface area contributed by atoms with Crippen molar-refractivity contribution in [3.8, 4) is 11.5 Å². The number of phenolic OH excluding ortho intramolecular Hbond substituents is 2. The molecule has 0 saturated heterocycles. The number of hydrogen-bond acceptors (Lipinski definition) is 10. The lowest BCUT2D eigenvalue weighted by molar-refractivity contribution is -0.997. The summed E-state index contributed by atoms with van der Waals surface area (Å²) in [4.78, 5) is 0. The van der Waals surface area contributed by atoms with Gasteiger partial charge in [-0.25, -0.2) is 20.8 Å². The summed E-state index contributed by atoms with van der Waals surface area (Å²) < 4.78 is 0. The van der Waals surface area contributed by atoms with Crippen LogP contribution in [0.3, 0.4) is 0 Å². The number of quaternary nitrogens is 4. The van der Waals surface area contributed by atoms with Crippen molar-refractivity contribution in [2.45, 2.75) is 0 Å². The van der Waals surface area contributed by atoms with Crippen molar-refractivity contribution in [2.24, 2.45) is 0 Å². The lowest BCUT2D eigenvalue weighted by atomic mass is 10.0. The third-order valence-electron chi connectivity index (χ3n) is 3.27. The van der Waals surface area contributed by atoms with E-state index in [9.17, 15) is 41.5 Å². The predicted octanol–water partition coefficient (Wildman–Crippen LogP) is -4.14. The van der Waals surface area contributed by atoms with Crippen LogP contribution < -0.4 is 20.9 Å². The summed E-state index contributed by atoms with van der Waals surface area (Å²) in [5.41, 5.74) is -3.57. The van der Waals surface area contributed by atoms with E-state index in [2.05, 4.69) is 0 Å². The monoisotopic (exact) mass is 348 g/mol. The summed E-state index contributed by atoms with van der Waals surface area (Å²) in [5.74, 6) is -2.21. The van der Waals surface area contributed by atoms with E-state index >= 15 is 0 Å². The Hall–Kier alpha value is -2.18. The van der Waals surface area contributed by atoms with Gasteiger partial charge in [-0.1, -0.05) is 0 Å². The maximum Gasteiger partial charge on any atom is 0.212 e. The number of aromatic hydroxyl groups is 2. The van der Waals surface area contributed by atoms with Crippen LogP contribution in [0.15, 0.2) is 12.1 Å². The molecule has 2 aromatic carbocycles. The molecule has 0 bridgehead atoms. The number of benzene rings is 2. The summed E-state index contributed by atoms with van der Waals surface area (Å²) >= 11 is 0. The van der Waals surface area contributed by atoms with Crippen LogP contribution in [0, 0.1) is 20.8 Å². The molecule has 4 atom stereocenters. The fraction of sp³-hybridized carbons (Fsp3) is 0. The molecule has 0 saturated carbocycles. The minimum atomic E-state index is -1.75. The Kier molecular flexibility index (Phi) is 4.82. The van der Waals surface area contributed by atoms with Gasteiger partial charge in [0.25, 0.3) is 0 Å². The summed E-state index contributed by atoms with van der Waals surface area (Å²) in [6, 6.07) is 0.999. The fourth-order valence-electron chi connectivity index (χ4n) is 2.26. The van der Waals surface area contributed by atoms with E-state index < -0.39 is 65.9 Å². The van der Waals surface area contributed by atoms with Crippen molar-refractivity contribution in [1.29, 1.82) is 0 Å². The van der Waals surface area contributed by atoms with Gasteiger partial charge >= 0.3 is 0 Å². The van der Waals surface area contributed by atoms with E-state index in [1.54, 1.807) is 0 Å². The number of rotatable bonds is 4. The molecule has 4 unspecified atom stereocenters. The van der Waals surface area contributed by atoms with Gasteiger partial charge in [-0.15, -0.1) is 0 Å². The highest BCUT2D eigenvalue weighted by Gasteiger charge is 2.31. The molecule has 0 spiro atoms. The van der Waals surface area contributed by atoms with Crippen molar-refractivity contribution in [2.75, 3.05) is 0 Å². The average molecular weight is 348 g/mol. The van der Waals surface area contributed by atoms with Crippen LogP contribution in [0.4, 0.5) is 22.7 Å². The van der Waals surface area contributed by atoms with Crippen molar-refractivity contribution >= 4 is 33.5 Å². The maximum atomic E-state index is 11.3. The Morgan fingerprint density at radius 1 is 0.542 bits per heavy atom. The van der Waals surface area contributed by atoms with Gasteiger partial charge in [0.15, 0.2) is 22.9 Å². The summed E-state index contributed by atoms with van der Waals surface area (Å²) in [7, 11) is 0. The lowest BCUT2D eigenvalue weighted by Crippen LogP contribution is -3.01. The Morgan fingerprint density at radius 3 is 1.00 bits per heavy atom. The van der Waals surface area contributed by atoms with Crippen LogP contribution >= 0.6 is 0 Å². The second-order valence-electron chi connectivity index (χ2n) is 4.61. The second-order valence-corrected chi connectivity index (χ2v) is 4.61. The van der Waals surface area contributed by atoms with Gasteiger partial charge in [-0.3, -0.25) is 0 Å². The minimum absolute atomic E-state index is 0.499. The average Bonchev–Trinajstić information content (AvgIpc) is 2.46. The van der Waals surface area contributed by atoms with Crippen molar-refractivity contribution in [1.82, 2.24) is 0 Å². The molecule has 0 aromatic heterocycles. The van der Waals surface area contributed by atoms with Gasteiger partial charge in [0, 0.05) is 0 Å². The molecule has 14 nitrogen and oxygen atoms in total. The first-order chi connectivity index (χ1) is 11.1. The van der Waals surface area contributed by atoms with E-state index in [1.807, 2.05) is 0 Å². The highest BCUT2D eigenvalue weighted by atomic mass is 16.8. The quantitative estimate of drug-likeness (QED) is 0.145. The summed E-state index contributed by atoms with van der Waals surface area (Å²) in [6.07, 6.45) is 0. The highest BCUT2D eigenvalue weighted by Crippen LogP contribution is 2.45. The lowest BCUT2D eigenvalue weighted by Gasteiger charge is -2.23. The van der Waals surface area contributed by atoms with E-state index in [0.717, 1.165) is 0 Å². The molecule has 24 heavy (non-hydrogen) atoms. The zero-order valence-electron chi connectivity index (χ0n) is 11.5. The first-order valence-electron chi connectivity index (χ1n) is 6.06. The topological polar surface area (TPSA) is 231 Å². The van der Waals surface area contributed by atoms with Crippen LogP contribution in [-0.2, 0) is 0 Å². The van der Waals surface area contributed by atoms with Crippen LogP contribution in [0.2, 0.25) is 0 Å². The van der Waals surface area contributed by atoms with E-state index in [0.29, 0.717) is 12.1 Å². The second kappa shape index (κ2) is 6.37. The molecule has 10 N–H and O–H groups in total. The number of phenols is 2. The van der Waals surface area contributed by atoms with Crippen LogP contribution in [0.25, 0.3) is 10.8 Å². The van der Waals surface area contributed by atoms with Crippen molar-refractivity contribution in [3.63, 3.8) is 0 Å². The van der Waals surface area contributed by atoms with Gasteiger partial charge in [0.1, 0.15) is 10.8 Å². The normalized spacial score (nSPS) is 16.8. The predicted molar refractivity (Wildman–Crippen MR) is 70.4 cm³/mol. The molecule has 0 aliphatic carbocycles. The first-order valence-corrected chi connectivity index (χ1v) is 6.06. The number of hydrogen-bond donors (Lipinski definition) is 10. The van der Waals surface area contributed by atoms with Crippen LogP contribution in [-0.4, -0.2) is 31.0 Å². The Balaban J connectivity index is 3.12. The van der Waals surface area contributed by atoms with Crippen LogP contribution in [0.1, 0.15) is 0 Å². The molecule has 2 aromatic rings. The van der Waals surface area contributed by atoms with Crippen LogP contribution in [0.5, 0.6) is 11.5 Å². The Labute approximate surface area is 131 Å². The molecule has 0 radical (unpaired) electrons. The minimum Gasteiger partial charge on any atom is -0.595 e. The van der Waals surface area contributed by atoms with E-state index in [1.165, 1.54) is 0 Å². The van der Waals surface area contributed by atoms with Gasteiger partial charge in [0.2, 0.25) is 11.4 Å². The smallest absolute Gasteiger partial charge is 0.212 e. The van der Waals surface area contributed by atoms with Gasteiger partial charge in [-0.05, 0) is 0 Å². The third kappa shape index (κ3) is 2.83. The molecular weight excluding hydrogens is 336 g/mol. The number of nitrogens with one attached hydrogen (secondary N) is 4. The zero-order valence-corrected chi connectivity index (χ0v) is 11.5. The maximum absolute atomic E-state index is 11.3. The fourth-order valence-corrected chi connectivity index (χ4v) is 2.26. The molecule has 132 valence electrons. The van der Waals surface area contributed by atoms with Crippen molar-refractivity contribution < 1.29 is 51.9 Å². The number of fused-ring (bicyclic) bond motifs is 1. The van der Waals surface area contributed by atoms with Crippen molar-refractivity contribution in [3.05, 3.63) is 33.0 Å². The standard InChI is InChI=1S/C10H12N4O10/c15-9-5(13(21)22)1-3(11(17)18)7-8(9)4(12(19)20)2-6(10(7)16)14(23)24/h1-2,11-17,19,21,23H. The summed E-state index contributed by atoms with van der Waals surface area (Å²) in [6.45, 7) is 0. The Bertz CT molecular complexity index is 713. The van der Waals surface area contributed by atoms with E-state index in [4.69, 9.17) is 10.4 Å². The summed E-state index contributed by atoms with van der Waals surface area (Å²) in [5, 5.41) is 92.8. The van der Waals surface area contributed by atoms with Gasteiger partial charge in [-0.2, -0.15) is 20.9 Å². The molecule has 0 fully saturated rings. The molecule has 0 aliphatic heterocycles. The molecule has 2 rings (SSSR count). The van der Waals surface area contributed by atoms with Gasteiger partial charge < -0.3 is 31.0 Å². The SMILES string of the molecule is [O-][NH+](O)c1cc([NH+]([O-])O)c2c(O)c([NH+]([O-])O)cc([NH+]([O-])O)c2c1O. The highest BCUT2D eigenvalue weighted by molar-refractivity contribution is 6.09. The molecule has 14 heteroatoms. The largest absolute Gasteiger partial charge is 0.595 e. The molecule has 0 heterocycles. The molecule has 0 aliphatic rings. The molecule has 0 amide bonds. The zero-order chi connectivity index (χ0) is 18.3. The van der Waals surface area contributed by atoms with E-state index in [-0.39, 0.29) is 0 Å².